The standard InChI is InChI=1S/C20H20N2O5/c1-14(23)18-9-8-17(27-16-6-4-3-5-7-16)10-15(18)11-21-12-19(24)22-13-20(25)26-2/h3-11,23H,1,12-13H2,2H3,(H,22,24). The van der Waals surface area contributed by atoms with E-state index < -0.39 is 11.9 Å². The number of aliphatic hydroxyl groups is 1. The molecule has 0 aliphatic carbocycles. The number of nitrogens with one attached hydrogen (secondary N) is 1. The predicted octanol–water partition coefficient (Wildman–Crippen LogP) is 2.72. The lowest BCUT2D eigenvalue weighted by Crippen LogP contribution is -2.31. The van der Waals surface area contributed by atoms with E-state index >= 15 is 0 Å². The third-order valence-electron chi connectivity index (χ3n) is 3.44. The molecule has 0 aliphatic heterocycles. The molecule has 27 heavy (non-hydrogen) atoms. The van der Waals surface area contributed by atoms with Gasteiger partial charge in [0.15, 0.2) is 0 Å². The van der Waals surface area contributed by atoms with Gasteiger partial charge in [-0.15, -0.1) is 0 Å². The fourth-order valence-electron chi connectivity index (χ4n) is 2.12. The number of benzene rings is 2. The molecule has 2 aromatic carbocycles. The Hall–Kier alpha value is -3.61. The summed E-state index contributed by atoms with van der Waals surface area (Å²) >= 11 is 0. The fourth-order valence-corrected chi connectivity index (χ4v) is 2.12. The molecule has 2 rings (SSSR count). The molecule has 0 radical (unpaired) electrons. The molecule has 0 aromatic heterocycles. The maximum atomic E-state index is 11.7. The van der Waals surface area contributed by atoms with Gasteiger partial charge >= 0.3 is 5.97 Å². The van der Waals surface area contributed by atoms with Crippen LogP contribution in [-0.4, -0.2) is 43.4 Å². The molecule has 2 aromatic rings. The smallest absolute Gasteiger partial charge is 0.325 e. The molecule has 0 aliphatic rings. The highest BCUT2D eigenvalue weighted by Gasteiger charge is 2.08. The van der Waals surface area contributed by atoms with Gasteiger partial charge in [0.2, 0.25) is 5.91 Å². The minimum absolute atomic E-state index is 0.127. The summed E-state index contributed by atoms with van der Waals surface area (Å²) in [5, 5.41) is 12.1. The van der Waals surface area contributed by atoms with E-state index in [0.717, 1.165) is 0 Å². The number of esters is 1. The van der Waals surface area contributed by atoms with E-state index in [9.17, 15) is 14.7 Å². The summed E-state index contributed by atoms with van der Waals surface area (Å²) in [5.41, 5.74) is 1.01. The molecule has 0 spiro atoms. The van der Waals surface area contributed by atoms with Crippen molar-refractivity contribution < 1.29 is 24.2 Å². The van der Waals surface area contributed by atoms with Gasteiger partial charge in [0.1, 0.15) is 30.3 Å². The lowest BCUT2D eigenvalue weighted by molar-refractivity contribution is -0.141. The SMILES string of the molecule is C=C(O)c1ccc(Oc2ccccc2)cc1C=NCC(=O)NCC(=O)OC. The number of rotatable bonds is 8. The second-order valence-corrected chi connectivity index (χ2v) is 5.43. The van der Waals surface area contributed by atoms with Crippen LogP contribution < -0.4 is 10.1 Å². The van der Waals surface area contributed by atoms with E-state index in [1.165, 1.54) is 13.3 Å². The van der Waals surface area contributed by atoms with Crippen LogP contribution in [0.2, 0.25) is 0 Å². The zero-order valence-electron chi connectivity index (χ0n) is 14.8. The number of hydrogen-bond acceptors (Lipinski definition) is 6. The Morgan fingerprint density at radius 3 is 2.59 bits per heavy atom. The zero-order chi connectivity index (χ0) is 19.6. The van der Waals surface area contributed by atoms with Crippen molar-refractivity contribution in [2.24, 2.45) is 4.99 Å². The van der Waals surface area contributed by atoms with Crippen molar-refractivity contribution in [2.75, 3.05) is 20.2 Å². The Balaban J connectivity index is 2.08. The van der Waals surface area contributed by atoms with E-state index in [4.69, 9.17) is 4.74 Å². The quantitative estimate of drug-likeness (QED) is 0.424. The van der Waals surface area contributed by atoms with Crippen molar-refractivity contribution in [3.05, 3.63) is 66.2 Å². The molecule has 0 unspecified atom stereocenters. The Kier molecular flexibility index (Phi) is 7.13. The van der Waals surface area contributed by atoms with Gasteiger partial charge in [-0.25, -0.2) is 0 Å². The molecule has 7 heteroatoms. The first kappa shape index (κ1) is 19.7. The predicted molar refractivity (Wildman–Crippen MR) is 102 cm³/mol. The van der Waals surface area contributed by atoms with Gasteiger partial charge in [-0.3, -0.25) is 14.6 Å². The number of para-hydroxylation sites is 1. The number of carbonyl (C=O) groups is 2. The summed E-state index contributed by atoms with van der Waals surface area (Å²) in [4.78, 5) is 26.7. The minimum atomic E-state index is -0.544. The van der Waals surface area contributed by atoms with Gasteiger partial charge in [-0.2, -0.15) is 0 Å². The first-order chi connectivity index (χ1) is 13.0. The topological polar surface area (TPSA) is 97.2 Å². The second-order valence-electron chi connectivity index (χ2n) is 5.43. The maximum Gasteiger partial charge on any atom is 0.325 e. The molecular formula is C20H20N2O5. The van der Waals surface area contributed by atoms with Crippen LogP contribution in [-0.2, 0) is 14.3 Å². The van der Waals surface area contributed by atoms with Gasteiger partial charge in [0.25, 0.3) is 0 Å². The largest absolute Gasteiger partial charge is 0.508 e. The van der Waals surface area contributed by atoms with Crippen LogP contribution in [0.4, 0.5) is 0 Å². The van der Waals surface area contributed by atoms with Crippen molar-refractivity contribution in [3.8, 4) is 11.5 Å². The van der Waals surface area contributed by atoms with Crippen LogP contribution >= 0.6 is 0 Å². The Morgan fingerprint density at radius 2 is 1.93 bits per heavy atom. The molecule has 1 amide bonds. The minimum Gasteiger partial charge on any atom is -0.508 e. The highest BCUT2D eigenvalue weighted by Crippen LogP contribution is 2.25. The van der Waals surface area contributed by atoms with Crippen LogP contribution in [0.5, 0.6) is 11.5 Å². The number of ether oxygens (including phenoxy) is 2. The molecule has 0 atom stereocenters. The van der Waals surface area contributed by atoms with Crippen LogP contribution in [0.1, 0.15) is 11.1 Å². The highest BCUT2D eigenvalue weighted by atomic mass is 16.5. The number of carbonyl (C=O) groups excluding carboxylic acids is 2. The second kappa shape index (κ2) is 9.76. The van der Waals surface area contributed by atoms with Crippen LogP contribution in [0, 0.1) is 0 Å². The number of aliphatic hydroxyl groups excluding tert-OH is 1. The van der Waals surface area contributed by atoms with Gasteiger partial charge in [0, 0.05) is 17.3 Å². The van der Waals surface area contributed by atoms with Crippen molar-refractivity contribution in [3.63, 3.8) is 0 Å². The van der Waals surface area contributed by atoms with Gasteiger partial charge < -0.3 is 19.9 Å². The Morgan fingerprint density at radius 1 is 1.19 bits per heavy atom. The Labute approximate surface area is 157 Å². The summed E-state index contributed by atoms with van der Waals surface area (Å²) in [6, 6.07) is 14.3. The van der Waals surface area contributed by atoms with Gasteiger partial charge in [-0.1, -0.05) is 24.8 Å². The molecular weight excluding hydrogens is 348 g/mol. The Bertz CT molecular complexity index is 847. The molecule has 0 bridgehead atoms. The third-order valence-corrected chi connectivity index (χ3v) is 3.44. The van der Waals surface area contributed by atoms with Gasteiger partial charge in [0.05, 0.1) is 7.11 Å². The first-order valence-electron chi connectivity index (χ1n) is 8.08. The molecule has 2 N–H and O–H groups in total. The van der Waals surface area contributed by atoms with Crippen LogP contribution in [0.25, 0.3) is 5.76 Å². The normalized spacial score (nSPS) is 10.4. The summed E-state index contributed by atoms with van der Waals surface area (Å²) in [7, 11) is 1.24. The zero-order valence-corrected chi connectivity index (χ0v) is 14.8. The van der Waals surface area contributed by atoms with Crippen molar-refractivity contribution in [1.82, 2.24) is 5.32 Å². The molecule has 140 valence electrons. The molecule has 0 saturated carbocycles. The third kappa shape index (κ3) is 6.32. The van der Waals surface area contributed by atoms with Crippen LogP contribution in [0.15, 0.2) is 60.1 Å². The molecule has 0 fully saturated rings. The van der Waals surface area contributed by atoms with Crippen molar-refractivity contribution in [2.45, 2.75) is 0 Å². The van der Waals surface area contributed by atoms with E-state index in [2.05, 4.69) is 21.6 Å². The lowest BCUT2D eigenvalue weighted by Gasteiger charge is -2.09. The number of amides is 1. The van der Waals surface area contributed by atoms with Crippen LogP contribution in [0.3, 0.4) is 0 Å². The summed E-state index contributed by atoms with van der Waals surface area (Å²) in [5.74, 6) is 0.105. The van der Waals surface area contributed by atoms with Crippen molar-refractivity contribution >= 4 is 23.9 Å². The number of aliphatic imine (C=N–C) groups is 1. The monoisotopic (exact) mass is 368 g/mol. The van der Waals surface area contributed by atoms with E-state index in [1.807, 2.05) is 30.3 Å². The first-order valence-corrected chi connectivity index (χ1v) is 8.08. The number of hydrogen-bond donors (Lipinski definition) is 2. The van der Waals surface area contributed by atoms with E-state index in [-0.39, 0.29) is 18.8 Å². The van der Waals surface area contributed by atoms with Crippen molar-refractivity contribution in [1.29, 1.82) is 0 Å². The van der Waals surface area contributed by atoms with Gasteiger partial charge in [-0.05, 0) is 30.3 Å². The molecule has 0 saturated heterocycles. The number of methoxy groups -OCH3 is 1. The molecule has 7 nitrogen and oxygen atoms in total. The maximum absolute atomic E-state index is 11.7. The summed E-state index contributed by atoms with van der Waals surface area (Å²) in [6.45, 7) is 3.12. The lowest BCUT2D eigenvalue weighted by atomic mass is 10.1. The average molecular weight is 368 g/mol. The average Bonchev–Trinajstić information content (AvgIpc) is 2.67. The highest BCUT2D eigenvalue weighted by molar-refractivity contribution is 5.90. The summed E-state index contributed by atoms with van der Waals surface area (Å²) in [6.07, 6.45) is 1.44. The van der Waals surface area contributed by atoms with E-state index in [1.54, 1.807) is 18.2 Å². The fraction of sp³-hybridized carbons (Fsp3) is 0.150. The molecule has 0 heterocycles. The summed E-state index contributed by atoms with van der Waals surface area (Å²) < 4.78 is 10.2. The number of nitrogens with zero attached hydrogens (tertiary/aromatic N) is 1. The van der Waals surface area contributed by atoms with E-state index in [0.29, 0.717) is 22.6 Å².